The molecule has 1 N–H and O–H groups in total. The van der Waals surface area contributed by atoms with Crippen LogP contribution in [0.1, 0.15) is 58.3 Å². The Morgan fingerprint density at radius 2 is 2.00 bits per heavy atom. The van der Waals surface area contributed by atoms with E-state index in [9.17, 15) is 0 Å². The van der Waals surface area contributed by atoms with E-state index in [-0.39, 0.29) is 0 Å². The summed E-state index contributed by atoms with van der Waals surface area (Å²) in [6.07, 6.45) is 4.72. The molecular weight excluding hydrogens is 314 g/mol. The summed E-state index contributed by atoms with van der Waals surface area (Å²) in [4.78, 5) is 0. The van der Waals surface area contributed by atoms with E-state index in [4.69, 9.17) is 0 Å². The molecule has 0 radical (unpaired) electrons. The van der Waals surface area contributed by atoms with Crippen molar-refractivity contribution in [3.05, 3.63) is 15.9 Å². The molecule has 1 heterocycles. The summed E-state index contributed by atoms with van der Waals surface area (Å²) in [6.45, 7) is 13.1. The Bertz CT molecular complexity index is 401. The molecule has 0 aliphatic carbocycles. The van der Waals surface area contributed by atoms with Crippen molar-refractivity contribution in [2.45, 2.75) is 72.9 Å². The number of nitrogens with zero attached hydrogens (tertiary/aromatic N) is 2. The summed E-state index contributed by atoms with van der Waals surface area (Å²) >= 11 is 3.71. The Morgan fingerprint density at radius 1 is 1.30 bits per heavy atom. The van der Waals surface area contributed by atoms with E-state index in [0.29, 0.717) is 6.04 Å². The van der Waals surface area contributed by atoms with Crippen molar-refractivity contribution in [1.82, 2.24) is 15.1 Å². The molecular formula is C16H30BrN3. The van der Waals surface area contributed by atoms with Gasteiger partial charge in [0.1, 0.15) is 0 Å². The molecule has 4 heteroatoms. The summed E-state index contributed by atoms with van der Waals surface area (Å²) < 4.78 is 3.32. The van der Waals surface area contributed by atoms with Crippen LogP contribution < -0.4 is 5.32 Å². The number of halogens is 1. The molecule has 1 rings (SSSR count). The lowest BCUT2D eigenvalue weighted by molar-refractivity contribution is 0.384. The number of aromatic nitrogens is 2. The van der Waals surface area contributed by atoms with Crippen molar-refractivity contribution in [1.29, 1.82) is 0 Å². The average molecular weight is 344 g/mol. The molecule has 0 aliphatic rings. The minimum atomic E-state index is 0.544. The molecule has 116 valence electrons. The second-order valence-corrected chi connectivity index (χ2v) is 6.56. The Kier molecular flexibility index (Phi) is 7.82. The van der Waals surface area contributed by atoms with Gasteiger partial charge in [-0.3, -0.25) is 4.68 Å². The van der Waals surface area contributed by atoms with Gasteiger partial charge in [-0.15, -0.1) is 0 Å². The summed E-state index contributed by atoms with van der Waals surface area (Å²) in [5.41, 5.74) is 2.43. The Hall–Kier alpha value is -0.350. The lowest BCUT2D eigenvalue weighted by Gasteiger charge is -2.22. The van der Waals surface area contributed by atoms with Crippen molar-refractivity contribution in [3.8, 4) is 0 Å². The molecule has 20 heavy (non-hydrogen) atoms. The van der Waals surface area contributed by atoms with Gasteiger partial charge in [0.15, 0.2) is 0 Å². The molecule has 0 aliphatic heterocycles. The molecule has 0 fully saturated rings. The maximum absolute atomic E-state index is 4.60. The van der Waals surface area contributed by atoms with Crippen LogP contribution in [0.15, 0.2) is 4.47 Å². The minimum Gasteiger partial charge on any atom is -0.314 e. The highest BCUT2D eigenvalue weighted by atomic mass is 79.9. The minimum absolute atomic E-state index is 0.544. The molecule has 0 spiro atoms. The van der Waals surface area contributed by atoms with E-state index in [1.165, 1.54) is 29.4 Å². The first-order chi connectivity index (χ1) is 9.53. The van der Waals surface area contributed by atoms with Crippen LogP contribution in [0.3, 0.4) is 0 Å². The highest BCUT2D eigenvalue weighted by Gasteiger charge is 2.18. The first kappa shape index (κ1) is 17.7. The molecule has 1 aromatic heterocycles. The van der Waals surface area contributed by atoms with E-state index in [1.54, 1.807) is 0 Å². The maximum Gasteiger partial charge on any atom is 0.0738 e. The smallest absolute Gasteiger partial charge is 0.0738 e. The highest BCUT2D eigenvalue weighted by Crippen LogP contribution is 2.24. The number of nitrogens with one attached hydrogen (secondary N) is 1. The Morgan fingerprint density at radius 3 is 2.55 bits per heavy atom. The van der Waals surface area contributed by atoms with Crippen molar-refractivity contribution >= 4 is 15.9 Å². The van der Waals surface area contributed by atoms with Crippen molar-refractivity contribution in [2.75, 3.05) is 6.54 Å². The van der Waals surface area contributed by atoms with Crippen LogP contribution in [0.2, 0.25) is 0 Å². The fraction of sp³-hybridized carbons (Fsp3) is 0.812. The largest absolute Gasteiger partial charge is 0.314 e. The molecule has 0 saturated heterocycles. The van der Waals surface area contributed by atoms with E-state index in [0.717, 1.165) is 31.1 Å². The van der Waals surface area contributed by atoms with Crippen LogP contribution >= 0.6 is 15.9 Å². The van der Waals surface area contributed by atoms with E-state index >= 15 is 0 Å². The third-order valence-electron chi connectivity index (χ3n) is 3.96. The molecule has 0 bridgehead atoms. The fourth-order valence-corrected chi connectivity index (χ4v) is 2.98. The Balaban J connectivity index is 2.82. The first-order valence-corrected chi connectivity index (χ1v) is 8.77. The number of aryl methyl sites for hydroxylation is 2. The van der Waals surface area contributed by atoms with Gasteiger partial charge < -0.3 is 5.32 Å². The van der Waals surface area contributed by atoms with Gasteiger partial charge in [-0.05, 0) is 55.1 Å². The zero-order chi connectivity index (χ0) is 15.1. The average Bonchev–Trinajstić information content (AvgIpc) is 2.72. The van der Waals surface area contributed by atoms with Gasteiger partial charge in [-0.25, -0.2) is 0 Å². The number of hydrogen-bond donors (Lipinski definition) is 1. The zero-order valence-electron chi connectivity index (χ0n) is 13.7. The van der Waals surface area contributed by atoms with Crippen LogP contribution in [-0.2, 0) is 13.0 Å². The first-order valence-electron chi connectivity index (χ1n) is 7.98. The molecule has 0 aromatic carbocycles. The normalized spacial score (nSPS) is 14.5. The highest BCUT2D eigenvalue weighted by molar-refractivity contribution is 9.10. The van der Waals surface area contributed by atoms with Gasteiger partial charge in [0.25, 0.3) is 0 Å². The van der Waals surface area contributed by atoms with Crippen LogP contribution in [-0.4, -0.2) is 22.4 Å². The number of rotatable bonds is 9. The van der Waals surface area contributed by atoms with Gasteiger partial charge in [0.2, 0.25) is 0 Å². The SMILES string of the molecule is CCCNC(Cc1c(Br)c(C)nn1CC)CC(C)CC. The monoisotopic (exact) mass is 343 g/mol. The van der Waals surface area contributed by atoms with Gasteiger partial charge in [0, 0.05) is 19.0 Å². The molecule has 0 saturated carbocycles. The van der Waals surface area contributed by atoms with Crippen LogP contribution in [0.5, 0.6) is 0 Å². The number of hydrogen-bond acceptors (Lipinski definition) is 2. The summed E-state index contributed by atoms with van der Waals surface area (Å²) in [5.74, 6) is 0.766. The zero-order valence-corrected chi connectivity index (χ0v) is 15.3. The van der Waals surface area contributed by atoms with E-state index in [2.05, 4.69) is 65.6 Å². The fourth-order valence-electron chi connectivity index (χ4n) is 2.54. The second-order valence-electron chi connectivity index (χ2n) is 5.77. The van der Waals surface area contributed by atoms with Crippen molar-refractivity contribution in [2.24, 2.45) is 5.92 Å². The third-order valence-corrected chi connectivity index (χ3v) is 4.99. The van der Waals surface area contributed by atoms with E-state index in [1.807, 2.05) is 0 Å². The molecule has 3 nitrogen and oxygen atoms in total. The topological polar surface area (TPSA) is 29.9 Å². The quantitative estimate of drug-likeness (QED) is 0.723. The van der Waals surface area contributed by atoms with Gasteiger partial charge in [0.05, 0.1) is 15.9 Å². The van der Waals surface area contributed by atoms with E-state index < -0.39 is 0 Å². The third kappa shape index (κ3) is 4.88. The lowest BCUT2D eigenvalue weighted by Crippen LogP contribution is -2.34. The van der Waals surface area contributed by atoms with Crippen LogP contribution in [0.4, 0.5) is 0 Å². The Labute approximate surface area is 132 Å². The second kappa shape index (κ2) is 8.83. The standard InChI is InChI=1S/C16H30BrN3/c1-6-9-18-14(10-12(4)7-2)11-15-16(17)13(5)19-20(15)8-3/h12,14,18H,6-11H2,1-5H3. The van der Waals surface area contributed by atoms with Gasteiger partial charge in [-0.2, -0.15) is 5.10 Å². The van der Waals surface area contributed by atoms with Gasteiger partial charge >= 0.3 is 0 Å². The summed E-state index contributed by atoms with van der Waals surface area (Å²) in [7, 11) is 0. The summed E-state index contributed by atoms with van der Waals surface area (Å²) in [5, 5.41) is 8.31. The predicted octanol–water partition coefficient (Wildman–Crippen LogP) is 4.32. The van der Waals surface area contributed by atoms with Crippen molar-refractivity contribution in [3.63, 3.8) is 0 Å². The summed E-state index contributed by atoms with van der Waals surface area (Å²) in [6, 6.07) is 0.544. The van der Waals surface area contributed by atoms with Crippen LogP contribution in [0.25, 0.3) is 0 Å². The molecule has 2 atom stereocenters. The van der Waals surface area contributed by atoms with Crippen LogP contribution in [0, 0.1) is 12.8 Å². The molecule has 0 amide bonds. The molecule has 1 aromatic rings. The maximum atomic E-state index is 4.60. The van der Waals surface area contributed by atoms with Crippen molar-refractivity contribution < 1.29 is 0 Å². The molecule has 2 unspecified atom stereocenters. The lowest BCUT2D eigenvalue weighted by atomic mass is 9.96. The van der Waals surface area contributed by atoms with Gasteiger partial charge in [-0.1, -0.05) is 27.2 Å². The predicted molar refractivity (Wildman–Crippen MR) is 90.2 cm³/mol.